The first-order valence-electron chi connectivity index (χ1n) is 5.83. The van der Waals surface area contributed by atoms with Gasteiger partial charge in [0.1, 0.15) is 5.82 Å². The molecule has 0 radical (unpaired) electrons. The highest BCUT2D eigenvalue weighted by Crippen LogP contribution is 2.32. The van der Waals surface area contributed by atoms with Crippen LogP contribution in [0.4, 0.5) is 0 Å². The van der Waals surface area contributed by atoms with Crippen molar-refractivity contribution >= 4 is 17.0 Å². The molecule has 0 aliphatic heterocycles. The van der Waals surface area contributed by atoms with Crippen LogP contribution in [0.15, 0.2) is 18.2 Å². The Morgan fingerprint density at radius 1 is 1.53 bits per heavy atom. The number of esters is 1. The highest BCUT2D eigenvalue weighted by molar-refractivity contribution is 5.93. The van der Waals surface area contributed by atoms with Crippen molar-refractivity contribution in [1.82, 2.24) is 9.97 Å². The Morgan fingerprint density at radius 3 is 3.06 bits per heavy atom. The van der Waals surface area contributed by atoms with Crippen LogP contribution < -0.4 is 0 Å². The molecule has 0 amide bonds. The second-order valence-corrected chi connectivity index (χ2v) is 4.55. The molecule has 0 saturated heterocycles. The third-order valence-corrected chi connectivity index (χ3v) is 3.13. The number of imidazole rings is 1. The number of nitrogens with one attached hydrogen (secondary N) is 1. The summed E-state index contributed by atoms with van der Waals surface area (Å²) in [5, 5.41) is 0. The molecule has 1 saturated carbocycles. The van der Waals surface area contributed by atoms with Crippen LogP contribution in [0.2, 0.25) is 0 Å². The summed E-state index contributed by atoms with van der Waals surface area (Å²) < 4.78 is 4.69. The number of nitrogens with zero attached hydrogens (tertiary/aromatic N) is 1. The van der Waals surface area contributed by atoms with Gasteiger partial charge >= 0.3 is 5.97 Å². The zero-order valence-electron chi connectivity index (χ0n) is 9.69. The zero-order chi connectivity index (χ0) is 11.8. The fraction of sp³-hybridized carbons (Fsp3) is 0.385. The van der Waals surface area contributed by atoms with E-state index in [1.54, 1.807) is 12.1 Å². The van der Waals surface area contributed by atoms with Gasteiger partial charge in [-0.2, -0.15) is 0 Å². The van der Waals surface area contributed by atoms with Crippen molar-refractivity contribution in [3.63, 3.8) is 0 Å². The van der Waals surface area contributed by atoms with E-state index in [1.165, 1.54) is 20.0 Å². The van der Waals surface area contributed by atoms with Crippen LogP contribution >= 0.6 is 0 Å². The average Bonchev–Trinajstić information content (AvgIpc) is 3.05. The van der Waals surface area contributed by atoms with Gasteiger partial charge in [0, 0.05) is 6.42 Å². The van der Waals surface area contributed by atoms with Gasteiger partial charge in [0.2, 0.25) is 0 Å². The molecule has 1 aromatic heterocycles. The minimum absolute atomic E-state index is 0.315. The van der Waals surface area contributed by atoms with Gasteiger partial charge in [-0.05, 0) is 37.0 Å². The molecule has 3 rings (SSSR count). The lowest BCUT2D eigenvalue weighted by molar-refractivity contribution is 0.0601. The fourth-order valence-electron chi connectivity index (χ4n) is 2.00. The zero-order valence-corrected chi connectivity index (χ0v) is 9.69. The van der Waals surface area contributed by atoms with Crippen molar-refractivity contribution in [3.05, 3.63) is 29.6 Å². The number of ether oxygens (including phenoxy) is 1. The smallest absolute Gasteiger partial charge is 0.337 e. The van der Waals surface area contributed by atoms with Gasteiger partial charge in [-0.25, -0.2) is 9.78 Å². The number of carbonyl (C=O) groups is 1. The molecule has 0 spiro atoms. The van der Waals surface area contributed by atoms with Gasteiger partial charge in [0.05, 0.1) is 23.7 Å². The molecule has 1 heterocycles. The van der Waals surface area contributed by atoms with E-state index in [9.17, 15) is 4.79 Å². The van der Waals surface area contributed by atoms with E-state index >= 15 is 0 Å². The van der Waals surface area contributed by atoms with Crippen LogP contribution in [0.3, 0.4) is 0 Å². The molecule has 17 heavy (non-hydrogen) atoms. The molecule has 4 heteroatoms. The van der Waals surface area contributed by atoms with Gasteiger partial charge in [0.15, 0.2) is 0 Å². The molecule has 1 N–H and O–H groups in total. The van der Waals surface area contributed by atoms with Crippen molar-refractivity contribution in [2.45, 2.75) is 19.3 Å². The molecule has 88 valence electrons. The first-order chi connectivity index (χ1) is 8.26. The van der Waals surface area contributed by atoms with Gasteiger partial charge in [-0.3, -0.25) is 0 Å². The van der Waals surface area contributed by atoms with Gasteiger partial charge in [0.25, 0.3) is 0 Å². The van der Waals surface area contributed by atoms with Crippen molar-refractivity contribution in [3.8, 4) is 0 Å². The predicted molar refractivity (Wildman–Crippen MR) is 63.9 cm³/mol. The molecular weight excluding hydrogens is 216 g/mol. The number of rotatable bonds is 3. The van der Waals surface area contributed by atoms with Gasteiger partial charge in [-0.15, -0.1) is 0 Å². The minimum atomic E-state index is -0.315. The normalized spacial score (nSPS) is 15.1. The summed E-state index contributed by atoms with van der Waals surface area (Å²) in [6.07, 6.45) is 3.64. The molecule has 1 aromatic carbocycles. The Morgan fingerprint density at radius 2 is 2.35 bits per heavy atom. The van der Waals surface area contributed by atoms with E-state index in [0.29, 0.717) is 5.56 Å². The topological polar surface area (TPSA) is 55.0 Å². The number of hydrogen-bond donors (Lipinski definition) is 1. The Kier molecular flexibility index (Phi) is 2.35. The maximum absolute atomic E-state index is 11.4. The predicted octanol–water partition coefficient (Wildman–Crippen LogP) is 2.30. The van der Waals surface area contributed by atoms with E-state index in [-0.39, 0.29) is 5.97 Å². The minimum Gasteiger partial charge on any atom is -0.465 e. The van der Waals surface area contributed by atoms with E-state index in [4.69, 9.17) is 4.74 Å². The fourth-order valence-corrected chi connectivity index (χ4v) is 2.00. The first kappa shape index (κ1) is 10.3. The largest absolute Gasteiger partial charge is 0.465 e. The summed E-state index contributed by atoms with van der Waals surface area (Å²) in [7, 11) is 1.39. The number of hydrogen-bond acceptors (Lipinski definition) is 3. The van der Waals surface area contributed by atoms with E-state index in [0.717, 1.165) is 29.2 Å². The highest BCUT2D eigenvalue weighted by Gasteiger charge is 2.23. The monoisotopic (exact) mass is 230 g/mol. The molecule has 1 aliphatic carbocycles. The molecule has 2 aromatic rings. The van der Waals surface area contributed by atoms with Crippen molar-refractivity contribution < 1.29 is 9.53 Å². The number of aromatic amines is 1. The Bertz CT molecular complexity index is 570. The average molecular weight is 230 g/mol. The van der Waals surface area contributed by atoms with Crippen molar-refractivity contribution in [1.29, 1.82) is 0 Å². The summed E-state index contributed by atoms with van der Waals surface area (Å²) >= 11 is 0. The van der Waals surface area contributed by atoms with E-state index < -0.39 is 0 Å². The summed E-state index contributed by atoms with van der Waals surface area (Å²) in [4.78, 5) is 19.2. The van der Waals surface area contributed by atoms with Gasteiger partial charge < -0.3 is 9.72 Å². The number of benzene rings is 1. The summed E-state index contributed by atoms with van der Waals surface area (Å²) in [5.74, 6) is 1.50. The molecule has 1 aliphatic rings. The van der Waals surface area contributed by atoms with Crippen LogP contribution in [0, 0.1) is 5.92 Å². The second-order valence-electron chi connectivity index (χ2n) is 4.55. The van der Waals surface area contributed by atoms with E-state index in [2.05, 4.69) is 9.97 Å². The lowest BCUT2D eigenvalue weighted by Crippen LogP contribution is -2.00. The quantitative estimate of drug-likeness (QED) is 0.823. The number of carbonyl (C=O) groups excluding carboxylic acids is 1. The Labute approximate surface area is 99.0 Å². The van der Waals surface area contributed by atoms with Crippen LogP contribution in [0.25, 0.3) is 11.0 Å². The van der Waals surface area contributed by atoms with Crippen molar-refractivity contribution in [2.24, 2.45) is 5.92 Å². The summed E-state index contributed by atoms with van der Waals surface area (Å²) in [6, 6.07) is 5.40. The Balaban J connectivity index is 1.94. The van der Waals surface area contributed by atoms with Crippen LogP contribution in [-0.2, 0) is 11.2 Å². The first-order valence-corrected chi connectivity index (χ1v) is 5.83. The lowest BCUT2D eigenvalue weighted by Gasteiger charge is -1.97. The molecule has 0 unspecified atom stereocenters. The van der Waals surface area contributed by atoms with Crippen LogP contribution in [0.1, 0.15) is 29.0 Å². The number of methoxy groups -OCH3 is 1. The van der Waals surface area contributed by atoms with Gasteiger partial charge in [-0.1, -0.05) is 0 Å². The molecule has 0 bridgehead atoms. The number of H-pyrrole nitrogens is 1. The molecule has 0 atom stereocenters. The standard InChI is InChI=1S/C13H14N2O2/c1-17-13(16)9-4-5-10-11(7-9)15-12(14-10)6-8-2-3-8/h4-5,7-8H,2-3,6H2,1H3,(H,14,15). The lowest BCUT2D eigenvalue weighted by atomic mass is 10.2. The second kappa shape index (κ2) is 3.87. The van der Waals surface area contributed by atoms with Crippen LogP contribution in [-0.4, -0.2) is 23.0 Å². The molecule has 1 fully saturated rings. The summed E-state index contributed by atoms with van der Waals surface area (Å²) in [6.45, 7) is 0. The third kappa shape index (κ3) is 2.02. The number of aromatic nitrogens is 2. The highest BCUT2D eigenvalue weighted by atomic mass is 16.5. The summed E-state index contributed by atoms with van der Waals surface area (Å²) in [5.41, 5.74) is 2.37. The maximum Gasteiger partial charge on any atom is 0.337 e. The molecule has 4 nitrogen and oxygen atoms in total. The van der Waals surface area contributed by atoms with Crippen molar-refractivity contribution in [2.75, 3.05) is 7.11 Å². The SMILES string of the molecule is COC(=O)c1ccc2nc(CC3CC3)[nH]c2c1. The Hall–Kier alpha value is -1.84. The molecular formula is C13H14N2O2. The number of fused-ring (bicyclic) bond motifs is 1. The third-order valence-electron chi connectivity index (χ3n) is 3.13. The van der Waals surface area contributed by atoms with Crippen LogP contribution in [0.5, 0.6) is 0 Å². The van der Waals surface area contributed by atoms with E-state index in [1.807, 2.05) is 6.07 Å². The maximum atomic E-state index is 11.4.